The van der Waals surface area contributed by atoms with Gasteiger partial charge in [0.25, 0.3) is 0 Å². The first-order valence-electron chi connectivity index (χ1n) is 19.2. The zero-order valence-electron chi connectivity index (χ0n) is 33.9. The van der Waals surface area contributed by atoms with Gasteiger partial charge in [-0.1, -0.05) is 83.4 Å². The molecule has 1 aliphatic rings. The summed E-state index contributed by atoms with van der Waals surface area (Å²) >= 11 is 0. The van der Waals surface area contributed by atoms with Crippen molar-refractivity contribution in [2.45, 2.75) is 123 Å². The van der Waals surface area contributed by atoms with Gasteiger partial charge in [0.1, 0.15) is 5.78 Å². The van der Waals surface area contributed by atoms with Crippen LogP contribution >= 0.6 is 0 Å². The smallest absolute Gasteiger partial charge is 0.307 e. The Kier molecular flexibility index (Phi) is 19.3. The molecule has 0 spiro atoms. The fourth-order valence-corrected chi connectivity index (χ4v) is 8.01. The lowest BCUT2D eigenvalue weighted by molar-refractivity contribution is -0.149. The molecule has 0 bridgehead atoms. The second kappa shape index (κ2) is 22.5. The predicted octanol–water partition coefficient (Wildman–Crippen LogP) is 5.33. The van der Waals surface area contributed by atoms with Crippen LogP contribution in [0.1, 0.15) is 85.6 Å². The number of nitrogens with zero attached hydrogens (tertiary/aromatic N) is 5. The molecular formula is C40H64N6O8. The maximum atomic E-state index is 14.3. The topological polar surface area (TPSA) is 191 Å². The summed E-state index contributed by atoms with van der Waals surface area (Å²) in [6.45, 7) is 11.6. The van der Waals surface area contributed by atoms with Crippen LogP contribution in [0.25, 0.3) is 10.4 Å². The number of likely N-dealkylation sites (N-methyl/N-ethyl adjacent to an activating group) is 2. The van der Waals surface area contributed by atoms with E-state index in [0.717, 1.165) is 5.56 Å². The molecule has 1 saturated heterocycles. The van der Waals surface area contributed by atoms with Gasteiger partial charge in [0.2, 0.25) is 11.8 Å². The Hall–Kier alpha value is -3.84. The normalized spacial score (nSPS) is 19.4. The SMILES string of the molecule is CC[C@H](C)[C@@H]([C@@H](CC(=O)N1CCC[C@H]1[C@H](OC)[C@@H](C)C(=O)C[C@@H](Cc1ccccc1)C(=O)O)OC)N(C)C(=O)[C@@H](CC(=O)[C@@H](NC)C(C)C)[C@H](C)N=[N+]=[N-]. The predicted molar refractivity (Wildman–Crippen MR) is 206 cm³/mol. The number of ketones is 2. The number of benzene rings is 1. The second-order valence-corrected chi connectivity index (χ2v) is 15.2. The van der Waals surface area contributed by atoms with Crippen LogP contribution in [0.3, 0.4) is 0 Å². The van der Waals surface area contributed by atoms with Gasteiger partial charge in [-0.3, -0.25) is 24.0 Å². The molecule has 0 unspecified atom stereocenters. The fraction of sp³-hybridized carbons (Fsp3) is 0.725. The molecule has 14 nitrogen and oxygen atoms in total. The molecule has 14 heteroatoms. The minimum absolute atomic E-state index is 0.0166. The van der Waals surface area contributed by atoms with E-state index in [0.29, 0.717) is 25.8 Å². The number of Topliss-reactive ketones (excluding diaryl/α,β-unsaturated/α-hetero) is 2. The summed E-state index contributed by atoms with van der Waals surface area (Å²) in [5.41, 5.74) is 10.1. The van der Waals surface area contributed by atoms with Crippen molar-refractivity contribution in [3.05, 3.63) is 46.3 Å². The highest BCUT2D eigenvalue weighted by Crippen LogP contribution is 2.31. The number of carboxylic acids is 1. The van der Waals surface area contributed by atoms with Crippen molar-refractivity contribution in [1.29, 1.82) is 0 Å². The first-order chi connectivity index (χ1) is 25.6. The second-order valence-electron chi connectivity index (χ2n) is 15.2. The van der Waals surface area contributed by atoms with Crippen molar-refractivity contribution < 1.29 is 38.6 Å². The Labute approximate surface area is 321 Å². The number of nitrogens with one attached hydrogen (secondary N) is 1. The van der Waals surface area contributed by atoms with Gasteiger partial charge < -0.3 is 29.7 Å². The minimum Gasteiger partial charge on any atom is -0.481 e. The number of methoxy groups -OCH3 is 2. The molecule has 0 radical (unpaired) electrons. The number of aliphatic carboxylic acids is 1. The van der Waals surface area contributed by atoms with Crippen molar-refractivity contribution in [3.63, 3.8) is 0 Å². The number of ether oxygens (including phenoxy) is 2. The molecule has 1 aromatic carbocycles. The lowest BCUT2D eigenvalue weighted by atomic mass is 9.85. The van der Waals surface area contributed by atoms with E-state index in [-0.39, 0.29) is 60.9 Å². The number of carboxylic acid groups (broad SMARTS) is 1. The largest absolute Gasteiger partial charge is 0.481 e. The van der Waals surface area contributed by atoms with Crippen LogP contribution in [-0.4, -0.2) is 115 Å². The molecule has 2 N–H and O–H groups in total. The van der Waals surface area contributed by atoms with Gasteiger partial charge >= 0.3 is 5.97 Å². The Balaban J connectivity index is 2.31. The third-order valence-electron chi connectivity index (χ3n) is 11.4. The fourth-order valence-electron chi connectivity index (χ4n) is 8.01. The Morgan fingerprint density at radius 2 is 1.67 bits per heavy atom. The molecule has 302 valence electrons. The van der Waals surface area contributed by atoms with Crippen molar-refractivity contribution >= 4 is 29.4 Å². The maximum absolute atomic E-state index is 14.3. The summed E-state index contributed by atoms with van der Waals surface area (Å²) in [5.74, 6) is -4.65. The van der Waals surface area contributed by atoms with Crippen molar-refractivity contribution in [2.24, 2.45) is 34.7 Å². The zero-order chi connectivity index (χ0) is 40.7. The lowest BCUT2D eigenvalue weighted by Gasteiger charge is -2.40. The van der Waals surface area contributed by atoms with Crippen molar-refractivity contribution in [2.75, 3.05) is 34.9 Å². The van der Waals surface area contributed by atoms with Crippen LogP contribution in [0.4, 0.5) is 0 Å². The van der Waals surface area contributed by atoms with Crippen LogP contribution < -0.4 is 5.32 Å². The number of carbonyl (C=O) groups excluding carboxylic acids is 4. The summed E-state index contributed by atoms with van der Waals surface area (Å²) < 4.78 is 11.9. The van der Waals surface area contributed by atoms with Gasteiger partial charge in [-0.25, -0.2) is 0 Å². The number of hydrogen-bond donors (Lipinski definition) is 2. The third kappa shape index (κ3) is 12.3. The van der Waals surface area contributed by atoms with E-state index in [2.05, 4.69) is 15.3 Å². The molecule has 2 rings (SSSR count). The molecule has 1 heterocycles. The Bertz CT molecular complexity index is 1440. The van der Waals surface area contributed by atoms with Gasteiger partial charge in [0.15, 0.2) is 5.78 Å². The monoisotopic (exact) mass is 756 g/mol. The number of amides is 2. The standard InChI is InChI=1S/C40H64N6O8/c1-11-25(4)37(45(8)39(50)30(27(6)43-44-41)22-33(48)36(42-7)24(2)3)34(53-9)23-35(49)46-19-15-18-31(46)38(54-10)26(5)32(47)21-29(40(51)52)20-28-16-13-12-14-17-28/h12-14,16-17,24-27,29-31,34,36-38,42H,11,15,18-23H2,1-10H3,(H,51,52)/t25-,26-,27-,29+,30-,31-,34+,36-,37-,38+/m0/s1. The number of likely N-dealkylation sites (tertiary alicyclic amines) is 1. The maximum Gasteiger partial charge on any atom is 0.307 e. The van der Waals surface area contributed by atoms with E-state index >= 15 is 0 Å². The zero-order valence-corrected chi connectivity index (χ0v) is 33.9. The lowest BCUT2D eigenvalue weighted by Crippen LogP contribution is -2.54. The summed E-state index contributed by atoms with van der Waals surface area (Å²) in [4.78, 5) is 73.7. The van der Waals surface area contributed by atoms with Gasteiger partial charge in [-0.2, -0.15) is 0 Å². The van der Waals surface area contributed by atoms with Crippen LogP contribution in [0, 0.1) is 29.6 Å². The number of hydrogen-bond acceptors (Lipinski definition) is 9. The van der Waals surface area contributed by atoms with Crippen molar-refractivity contribution in [3.8, 4) is 0 Å². The van der Waals surface area contributed by atoms with Crippen LogP contribution in [-0.2, 0) is 39.9 Å². The van der Waals surface area contributed by atoms with Crippen LogP contribution in [0.2, 0.25) is 0 Å². The molecule has 1 fully saturated rings. The van der Waals surface area contributed by atoms with E-state index in [1.54, 1.807) is 37.7 Å². The number of carbonyl (C=O) groups is 5. The highest BCUT2D eigenvalue weighted by molar-refractivity contribution is 5.90. The van der Waals surface area contributed by atoms with Crippen LogP contribution in [0.5, 0.6) is 0 Å². The van der Waals surface area contributed by atoms with E-state index in [4.69, 9.17) is 9.47 Å². The van der Waals surface area contributed by atoms with Crippen LogP contribution in [0.15, 0.2) is 35.4 Å². The summed E-state index contributed by atoms with van der Waals surface area (Å²) in [6, 6.07) is 6.94. The van der Waals surface area contributed by atoms with E-state index < -0.39 is 60.1 Å². The van der Waals surface area contributed by atoms with Gasteiger partial charge in [0.05, 0.1) is 48.6 Å². The molecule has 2 amide bonds. The first-order valence-corrected chi connectivity index (χ1v) is 19.2. The molecule has 0 aliphatic carbocycles. The molecule has 1 aromatic rings. The molecule has 10 atom stereocenters. The average Bonchev–Trinajstić information content (AvgIpc) is 3.63. The number of rotatable bonds is 24. The van der Waals surface area contributed by atoms with E-state index in [1.165, 1.54) is 14.2 Å². The van der Waals surface area contributed by atoms with Crippen molar-refractivity contribution in [1.82, 2.24) is 15.1 Å². The van der Waals surface area contributed by atoms with Gasteiger partial charge in [-0.05, 0) is 49.2 Å². The quantitative estimate of drug-likeness (QED) is 0.0798. The minimum atomic E-state index is -1.04. The summed E-state index contributed by atoms with van der Waals surface area (Å²) in [6.07, 6.45) is 0.487. The molecular weight excluding hydrogens is 692 g/mol. The highest BCUT2D eigenvalue weighted by atomic mass is 16.5. The highest BCUT2D eigenvalue weighted by Gasteiger charge is 2.43. The molecule has 1 aliphatic heterocycles. The van der Waals surface area contributed by atoms with Gasteiger partial charge in [0, 0.05) is 57.5 Å². The first kappa shape index (κ1) is 46.3. The number of azide groups is 1. The third-order valence-corrected chi connectivity index (χ3v) is 11.4. The average molecular weight is 757 g/mol. The molecule has 54 heavy (non-hydrogen) atoms. The van der Waals surface area contributed by atoms with E-state index in [1.807, 2.05) is 58.0 Å². The summed E-state index contributed by atoms with van der Waals surface area (Å²) in [7, 11) is 6.35. The molecule has 0 aromatic heterocycles. The Morgan fingerprint density at radius 3 is 2.19 bits per heavy atom. The summed E-state index contributed by atoms with van der Waals surface area (Å²) in [5, 5.41) is 16.8. The van der Waals surface area contributed by atoms with Gasteiger partial charge in [-0.15, -0.1) is 0 Å². The Morgan fingerprint density at radius 1 is 1.02 bits per heavy atom. The molecule has 0 saturated carbocycles. The van der Waals surface area contributed by atoms with E-state index in [9.17, 15) is 34.6 Å².